The molecule has 0 atom stereocenters. The van der Waals surface area contributed by atoms with E-state index in [1.165, 1.54) is 6.92 Å². The molecule has 0 spiro atoms. The lowest BCUT2D eigenvalue weighted by atomic mass is 10.1. The number of urea groups is 1. The summed E-state index contributed by atoms with van der Waals surface area (Å²) in [5, 5.41) is 16.4. The van der Waals surface area contributed by atoms with Crippen molar-refractivity contribution in [1.29, 1.82) is 0 Å². The third-order valence-corrected chi connectivity index (χ3v) is 2.32. The molecule has 7 nitrogen and oxygen atoms in total. The normalized spacial score (nSPS) is 9.65. The number of aliphatic carboxylic acids is 1. The fourth-order valence-electron chi connectivity index (χ4n) is 1.52. The summed E-state index contributed by atoms with van der Waals surface area (Å²) in [4.78, 5) is 32.8. The average molecular weight is 279 g/mol. The molecule has 3 amide bonds. The minimum absolute atomic E-state index is 0.0975. The summed E-state index contributed by atoms with van der Waals surface area (Å²) in [5.41, 5.74) is 1.12. The number of anilines is 1. The lowest BCUT2D eigenvalue weighted by Crippen LogP contribution is -2.36. The molecule has 1 rings (SSSR count). The predicted molar refractivity (Wildman–Crippen MR) is 73.5 cm³/mol. The van der Waals surface area contributed by atoms with E-state index in [1.807, 2.05) is 0 Å². The number of benzene rings is 1. The molecule has 0 aliphatic carbocycles. The molecule has 7 heteroatoms. The van der Waals surface area contributed by atoms with E-state index in [9.17, 15) is 14.4 Å². The summed E-state index contributed by atoms with van der Waals surface area (Å²) >= 11 is 0. The SMILES string of the molecule is CC(=O)NCCNC(=O)Nc1cccc(CC(=O)O)c1. The maximum atomic E-state index is 11.5. The van der Waals surface area contributed by atoms with E-state index < -0.39 is 12.0 Å². The molecule has 0 unspecified atom stereocenters. The summed E-state index contributed by atoms with van der Waals surface area (Å²) in [6, 6.07) is 6.20. The van der Waals surface area contributed by atoms with Gasteiger partial charge in [0.05, 0.1) is 6.42 Å². The second-order valence-electron chi connectivity index (χ2n) is 4.13. The minimum atomic E-state index is -0.929. The molecular weight excluding hydrogens is 262 g/mol. The van der Waals surface area contributed by atoms with Crippen molar-refractivity contribution in [3.05, 3.63) is 29.8 Å². The van der Waals surface area contributed by atoms with E-state index in [-0.39, 0.29) is 12.3 Å². The molecule has 20 heavy (non-hydrogen) atoms. The number of carboxylic acid groups (broad SMARTS) is 1. The smallest absolute Gasteiger partial charge is 0.319 e. The van der Waals surface area contributed by atoms with Crippen LogP contribution in [0.4, 0.5) is 10.5 Å². The lowest BCUT2D eigenvalue weighted by Gasteiger charge is -2.08. The molecule has 0 aliphatic heterocycles. The van der Waals surface area contributed by atoms with E-state index in [0.29, 0.717) is 24.3 Å². The van der Waals surface area contributed by atoms with Gasteiger partial charge in [-0.15, -0.1) is 0 Å². The largest absolute Gasteiger partial charge is 0.481 e. The van der Waals surface area contributed by atoms with Crippen molar-refractivity contribution in [2.75, 3.05) is 18.4 Å². The van der Waals surface area contributed by atoms with Crippen molar-refractivity contribution in [1.82, 2.24) is 10.6 Å². The summed E-state index contributed by atoms with van der Waals surface area (Å²) in [5.74, 6) is -1.09. The Labute approximate surface area is 116 Å². The average Bonchev–Trinajstić information content (AvgIpc) is 2.34. The van der Waals surface area contributed by atoms with Gasteiger partial charge in [0, 0.05) is 25.7 Å². The zero-order valence-electron chi connectivity index (χ0n) is 11.1. The monoisotopic (exact) mass is 279 g/mol. The van der Waals surface area contributed by atoms with Gasteiger partial charge in [0.25, 0.3) is 0 Å². The molecule has 108 valence electrons. The van der Waals surface area contributed by atoms with Crippen LogP contribution in [0.2, 0.25) is 0 Å². The molecule has 0 radical (unpaired) electrons. The fourth-order valence-corrected chi connectivity index (χ4v) is 1.52. The molecule has 0 heterocycles. The van der Waals surface area contributed by atoms with Gasteiger partial charge in [0.15, 0.2) is 0 Å². The second kappa shape index (κ2) is 7.78. The van der Waals surface area contributed by atoms with Gasteiger partial charge in [0.1, 0.15) is 0 Å². The zero-order valence-corrected chi connectivity index (χ0v) is 11.1. The predicted octanol–water partition coefficient (Wildman–Crippen LogP) is 0.571. The van der Waals surface area contributed by atoms with Crippen LogP contribution in [-0.4, -0.2) is 36.1 Å². The number of hydrogen-bond acceptors (Lipinski definition) is 3. The first-order valence-corrected chi connectivity index (χ1v) is 6.07. The van der Waals surface area contributed by atoms with Crippen LogP contribution in [-0.2, 0) is 16.0 Å². The van der Waals surface area contributed by atoms with Gasteiger partial charge in [0.2, 0.25) is 5.91 Å². The van der Waals surface area contributed by atoms with E-state index >= 15 is 0 Å². The highest BCUT2D eigenvalue weighted by Gasteiger charge is 2.04. The molecular formula is C13H17N3O4. The van der Waals surface area contributed by atoms with Gasteiger partial charge in [-0.2, -0.15) is 0 Å². The first-order chi connectivity index (χ1) is 9.47. The summed E-state index contributed by atoms with van der Waals surface area (Å²) in [6.45, 7) is 2.05. The van der Waals surface area contributed by atoms with E-state index in [4.69, 9.17) is 5.11 Å². The second-order valence-corrected chi connectivity index (χ2v) is 4.13. The van der Waals surface area contributed by atoms with Crippen LogP contribution in [0, 0.1) is 0 Å². The molecule has 0 saturated carbocycles. The number of amides is 3. The Kier molecular flexibility index (Phi) is 6.02. The van der Waals surface area contributed by atoms with Crippen LogP contribution >= 0.6 is 0 Å². The Morgan fingerprint density at radius 1 is 1.15 bits per heavy atom. The van der Waals surface area contributed by atoms with Crippen LogP contribution in [0.15, 0.2) is 24.3 Å². The van der Waals surface area contributed by atoms with Crippen LogP contribution in [0.5, 0.6) is 0 Å². The summed E-state index contributed by atoms with van der Waals surface area (Å²) in [6.07, 6.45) is -0.0975. The third-order valence-electron chi connectivity index (χ3n) is 2.32. The molecule has 0 fully saturated rings. The number of carbonyl (C=O) groups is 3. The van der Waals surface area contributed by atoms with Crippen molar-refractivity contribution in [3.8, 4) is 0 Å². The van der Waals surface area contributed by atoms with Gasteiger partial charge < -0.3 is 21.1 Å². The Hall–Kier alpha value is -2.57. The molecule has 4 N–H and O–H groups in total. The van der Waals surface area contributed by atoms with Crippen LogP contribution in [0.25, 0.3) is 0 Å². The fraction of sp³-hybridized carbons (Fsp3) is 0.308. The Morgan fingerprint density at radius 2 is 1.85 bits per heavy atom. The number of nitrogens with one attached hydrogen (secondary N) is 3. The molecule has 0 aliphatic rings. The first kappa shape index (κ1) is 15.5. The highest BCUT2D eigenvalue weighted by Crippen LogP contribution is 2.11. The molecule has 0 bridgehead atoms. The van der Waals surface area contributed by atoms with Gasteiger partial charge >= 0.3 is 12.0 Å². The number of carboxylic acids is 1. The van der Waals surface area contributed by atoms with E-state index in [0.717, 1.165) is 0 Å². The maximum Gasteiger partial charge on any atom is 0.319 e. The van der Waals surface area contributed by atoms with Crippen molar-refractivity contribution in [3.63, 3.8) is 0 Å². The summed E-state index contributed by atoms with van der Waals surface area (Å²) in [7, 11) is 0. The Bertz CT molecular complexity index is 502. The van der Waals surface area contributed by atoms with Gasteiger partial charge in [-0.05, 0) is 17.7 Å². The quantitative estimate of drug-likeness (QED) is 0.571. The van der Waals surface area contributed by atoms with Crippen LogP contribution in [0.1, 0.15) is 12.5 Å². The van der Waals surface area contributed by atoms with Crippen molar-refractivity contribution < 1.29 is 19.5 Å². The first-order valence-electron chi connectivity index (χ1n) is 6.07. The van der Waals surface area contributed by atoms with Crippen molar-refractivity contribution in [2.45, 2.75) is 13.3 Å². The standard InChI is InChI=1S/C13H17N3O4/c1-9(17)14-5-6-15-13(20)16-11-4-2-3-10(7-11)8-12(18)19/h2-4,7H,5-6,8H2,1H3,(H,14,17)(H,18,19)(H2,15,16,20). The number of rotatable bonds is 6. The number of hydrogen-bond donors (Lipinski definition) is 4. The van der Waals surface area contributed by atoms with Crippen molar-refractivity contribution >= 4 is 23.6 Å². The number of carbonyl (C=O) groups excluding carboxylic acids is 2. The van der Waals surface area contributed by atoms with Gasteiger partial charge in [-0.3, -0.25) is 9.59 Å². The van der Waals surface area contributed by atoms with Crippen LogP contribution in [0.3, 0.4) is 0 Å². The van der Waals surface area contributed by atoms with E-state index in [1.54, 1.807) is 24.3 Å². The molecule has 1 aromatic rings. The minimum Gasteiger partial charge on any atom is -0.481 e. The summed E-state index contributed by atoms with van der Waals surface area (Å²) < 4.78 is 0. The van der Waals surface area contributed by atoms with Gasteiger partial charge in [-0.25, -0.2) is 4.79 Å². The molecule has 0 saturated heterocycles. The van der Waals surface area contributed by atoms with Crippen molar-refractivity contribution in [2.24, 2.45) is 0 Å². The van der Waals surface area contributed by atoms with E-state index in [2.05, 4.69) is 16.0 Å². The molecule has 1 aromatic carbocycles. The topological polar surface area (TPSA) is 108 Å². The Morgan fingerprint density at radius 3 is 2.50 bits per heavy atom. The molecule has 0 aromatic heterocycles. The highest BCUT2D eigenvalue weighted by atomic mass is 16.4. The highest BCUT2D eigenvalue weighted by molar-refractivity contribution is 5.89. The van der Waals surface area contributed by atoms with Gasteiger partial charge in [-0.1, -0.05) is 12.1 Å². The third kappa shape index (κ3) is 6.39. The maximum absolute atomic E-state index is 11.5. The lowest BCUT2D eigenvalue weighted by molar-refractivity contribution is -0.136. The zero-order chi connectivity index (χ0) is 15.0. The van der Waals surface area contributed by atoms with Crippen LogP contribution < -0.4 is 16.0 Å². The Balaban J connectivity index is 2.41.